The van der Waals surface area contributed by atoms with Crippen LogP contribution < -0.4 is 20.3 Å². The van der Waals surface area contributed by atoms with Crippen LogP contribution in [-0.4, -0.2) is 85.1 Å². The van der Waals surface area contributed by atoms with Crippen molar-refractivity contribution < 1.29 is 13.9 Å². The van der Waals surface area contributed by atoms with Gasteiger partial charge in [0.05, 0.1) is 37.4 Å². The highest BCUT2D eigenvalue weighted by molar-refractivity contribution is 5.91. The molecule has 1 aromatic heterocycles. The fourth-order valence-corrected chi connectivity index (χ4v) is 6.44. The molecular formula is C32H41FN8O2. The SMILES string of the molecule is C=Cc1c(N)ccc(C)c1N1CCc2c(nc(OCC3(CN(C)C)CC3)nc2N2CCN(C(=O)C(=C)F)[C@@H](CC#N)C2)C1. The summed E-state index contributed by atoms with van der Waals surface area (Å²) in [5.74, 6) is -1.04. The summed E-state index contributed by atoms with van der Waals surface area (Å²) in [5.41, 5.74) is 12.0. The van der Waals surface area contributed by atoms with Gasteiger partial charge in [0.2, 0.25) is 0 Å². The van der Waals surface area contributed by atoms with E-state index in [-0.39, 0.29) is 18.4 Å². The van der Waals surface area contributed by atoms with E-state index in [2.05, 4.69) is 54.9 Å². The average Bonchev–Trinajstić information content (AvgIpc) is 3.74. The second kappa shape index (κ2) is 12.2. The Hall–Kier alpha value is -4.17. The number of piperazine rings is 1. The highest BCUT2D eigenvalue weighted by atomic mass is 19.1. The van der Waals surface area contributed by atoms with Gasteiger partial charge in [-0.1, -0.05) is 25.3 Å². The van der Waals surface area contributed by atoms with Gasteiger partial charge in [-0.3, -0.25) is 4.79 Å². The van der Waals surface area contributed by atoms with Crippen molar-refractivity contribution in [1.29, 1.82) is 5.26 Å². The minimum absolute atomic E-state index is 0.0754. The Morgan fingerprint density at radius 3 is 2.70 bits per heavy atom. The number of aryl methyl sites for hydroxylation is 1. The molecule has 0 spiro atoms. The molecule has 43 heavy (non-hydrogen) atoms. The number of fused-ring (bicyclic) bond motifs is 1. The van der Waals surface area contributed by atoms with Gasteiger partial charge in [0.1, 0.15) is 5.82 Å². The molecule has 2 aromatic rings. The molecule has 1 saturated carbocycles. The van der Waals surface area contributed by atoms with Crippen LogP contribution in [0.25, 0.3) is 6.08 Å². The third-order valence-corrected chi connectivity index (χ3v) is 8.71. The van der Waals surface area contributed by atoms with Crippen molar-refractivity contribution >= 4 is 29.2 Å². The summed E-state index contributed by atoms with van der Waals surface area (Å²) in [6, 6.07) is 5.91. The highest BCUT2D eigenvalue weighted by Gasteiger charge is 2.44. The van der Waals surface area contributed by atoms with Gasteiger partial charge in [0.25, 0.3) is 5.91 Å². The van der Waals surface area contributed by atoms with E-state index in [4.69, 9.17) is 20.4 Å². The molecule has 2 fully saturated rings. The maximum Gasteiger partial charge on any atom is 0.318 e. The van der Waals surface area contributed by atoms with E-state index >= 15 is 0 Å². The third-order valence-electron chi connectivity index (χ3n) is 8.71. The minimum atomic E-state index is -1.02. The first kappa shape index (κ1) is 30.3. The Kier molecular flexibility index (Phi) is 8.60. The van der Waals surface area contributed by atoms with Crippen molar-refractivity contribution in [2.75, 3.05) is 69.0 Å². The molecule has 11 heteroatoms. The van der Waals surface area contributed by atoms with E-state index in [9.17, 15) is 14.4 Å². The lowest BCUT2D eigenvalue weighted by Crippen LogP contribution is -2.55. The Balaban J connectivity index is 1.49. The predicted molar refractivity (Wildman–Crippen MR) is 166 cm³/mol. The molecular weight excluding hydrogens is 547 g/mol. The molecule has 1 aliphatic carbocycles. The van der Waals surface area contributed by atoms with Gasteiger partial charge < -0.3 is 30.1 Å². The van der Waals surface area contributed by atoms with Crippen LogP contribution in [0.3, 0.4) is 0 Å². The molecule has 5 rings (SSSR count). The van der Waals surface area contributed by atoms with Gasteiger partial charge >= 0.3 is 6.01 Å². The monoisotopic (exact) mass is 588 g/mol. The molecule has 3 heterocycles. The van der Waals surface area contributed by atoms with Crippen molar-refractivity contribution in [3.8, 4) is 12.1 Å². The summed E-state index contributed by atoms with van der Waals surface area (Å²) >= 11 is 0. The fraction of sp³-hybridized carbons (Fsp3) is 0.500. The van der Waals surface area contributed by atoms with Gasteiger partial charge in [-0.2, -0.15) is 15.2 Å². The van der Waals surface area contributed by atoms with Gasteiger partial charge in [-0.15, -0.1) is 0 Å². The van der Waals surface area contributed by atoms with Gasteiger partial charge in [0, 0.05) is 60.6 Å². The molecule has 1 aromatic carbocycles. The fourth-order valence-electron chi connectivity index (χ4n) is 6.44. The Labute approximate surface area is 253 Å². The summed E-state index contributed by atoms with van der Waals surface area (Å²) in [6.07, 6.45) is 4.76. The van der Waals surface area contributed by atoms with Crippen LogP contribution in [0.15, 0.2) is 31.1 Å². The molecule has 228 valence electrons. The van der Waals surface area contributed by atoms with Gasteiger partial charge in [-0.05, 0) is 51.9 Å². The maximum absolute atomic E-state index is 13.8. The van der Waals surface area contributed by atoms with Crippen LogP contribution in [0.2, 0.25) is 0 Å². The molecule has 2 aliphatic heterocycles. The molecule has 1 amide bonds. The largest absolute Gasteiger partial charge is 0.463 e. The minimum Gasteiger partial charge on any atom is -0.463 e. The van der Waals surface area contributed by atoms with E-state index in [1.807, 2.05) is 12.1 Å². The second-order valence-electron chi connectivity index (χ2n) is 12.3. The molecule has 1 saturated heterocycles. The first-order valence-electron chi connectivity index (χ1n) is 14.8. The molecule has 1 atom stereocenters. The topological polar surface area (TPSA) is 115 Å². The van der Waals surface area contributed by atoms with Crippen molar-refractivity contribution in [2.24, 2.45) is 5.41 Å². The summed E-state index contributed by atoms with van der Waals surface area (Å²) in [6.45, 7) is 13.0. The van der Waals surface area contributed by atoms with Gasteiger partial charge in [0.15, 0.2) is 5.83 Å². The lowest BCUT2D eigenvalue weighted by Gasteiger charge is -2.42. The second-order valence-corrected chi connectivity index (χ2v) is 12.3. The average molecular weight is 589 g/mol. The first-order chi connectivity index (χ1) is 20.6. The summed E-state index contributed by atoms with van der Waals surface area (Å²) in [4.78, 5) is 30.3. The molecule has 0 bridgehead atoms. The number of ether oxygens (including phenoxy) is 1. The van der Waals surface area contributed by atoms with Crippen molar-refractivity contribution in [2.45, 2.75) is 45.2 Å². The number of amides is 1. The number of aromatic nitrogens is 2. The van der Waals surface area contributed by atoms with E-state index < -0.39 is 17.8 Å². The maximum atomic E-state index is 13.8. The number of rotatable bonds is 10. The number of anilines is 3. The van der Waals surface area contributed by atoms with Crippen LogP contribution >= 0.6 is 0 Å². The van der Waals surface area contributed by atoms with Crippen LogP contribution in [0.4, 0.5) is 21.6 Å². The zero-order valence-electron chi connectivity index (χ0n) is 25.4. The quantitative estimate of drug-likeness (QED) is 0.328. The molecule has 10 nitrogen and oxygen atoms in total. The molecule has 0 unspecified atom stereocenters. The highest BCUT2D eigenvalue weighted by Crippen LogP contribution is 2.46. The number of hydrogen-bond donors (Lipinski definition) is 1. The Morgan fingerprint density at radius 2 is 2.05 bits per heavy atom. The van der Waals surface area contributed by atoms with E-state index in [0.29, 0.717) is 44.4 Å². The lowest BCUT2D eigenvalue weighted by atomic mass is 9.99. The standard InChI is InChI=1S/C32H41FN8O2/c1-6-24-26(35)8-7-21(2)28(24)39-14-10-25-27(18-39)36-31(43-20-32(11-12-32)19-38(4)5)37-29(25)40-15-16-41(30(42)22(3)33)23(17-40)9-13-34/h6-8,23H,1,3,9-12,14-20,35H2,2,4-5H3/t23-/m0/s1. The van der Waals surface area contributed by atoms with Crippen LogP contribution in [-0.2, 0) is 17.8 Å². The number of hydrogen-bond acceptors (Lipinski definition) is 9. The Morgan fingerprint density at radius 1 is 1.28 bits per heavy atom. The number of benzene rings is 1. The predicted octanol–water partition coefficient (Wildman–Crippen LogP) is 3.71. The Bertz CT molecular complexity index is 1460. The first-order valence-corrected chi connectivity index (χ1v) is 14.8. The number of nitriles is 1. The van der Waals surface area contributed by atoms with Gasteiger partial charge in [-0.25, -0.2) is 4.39 Å². The number of halogens is 1. The molecule has 2 N–H and O–H groups in total. The molecule has 0 radical (unpaired) electrons. The van der Waals surface area contributed by atoms with E-state index in [1.165, 1.54) is 4.90 Å². The van der Waals surface area contributed by atoms with Crippen LogP contribution in [0, 0.1) is 23.7 Å². The van der Waals surface area contributed by atoms with Crippen molar-refractivity contribution in [3.63, 3.8) is 0 Å². The number of carbonyl (C=O) groups excluding carboxylic acids is 1. The molecule has 3 aliphatic rings. The smallest absolute Gasteiger partial charge is 0.318 e. The lowest BCUT2D eigenvalue weighted by molar-refractivity contribution is -0.131. The summed E-state index contributed by atoms with van der Waals surface area (Å²) in [7, 11) is 4.14. The normalized spacial score (nSPS) is 19.1. The number of nitrogens with zero attached hydrogens (tertiary/aromatic N) is 7. The van der Waals surface area contributed by atoms with Crippen LogP contribution in [0.5, 0.6) is 6.01 Å². The van der Waals surface area contributed by atoms with E-state index in [0.717, 1.165) is 59.8 Å². The number of nitrogen functional groups attached to an aromatic ring is 1. The third kappa shape index (κ3) is 6.30. The van der Waals surface area contributed by atoms with Crippen molar-refractivity contribution in [3.05, 3.63) is 53.5 Å². The number of nitrogens with two attached hydrogens (primary N) is 1. The summed E-state index contributed by atoms with van der Waals surface area (Å²) in [5, 5.41) is 9.49. The number of carbonyl (C=O) groups is 1. The van der Waals surface area contributed by atoms with E-state index in [1.54, 1.807) is 6.08 Å². The van der Waals surface area contributed by atoms with Crippen LogP contribution in [0.1, 0.15) is 41.6 Å². The summed E-state index contributed by atoms with van der Waals surface area (Å²) < 4.78 is 20.1. The zero-order chi connectivity index (χ0) is 30.9. The zero-order valence-corrected chi connectivity index (χ0v) is 25.4. The van der Waals surface area contributed by atoms with Crippen molar-refractivity contribution in [1.82, 2.24) is 19.8 Å².